The molecule has 2 unspecified atom stereocenters. The molecule has 3 rings (SSSR count). The van der Waals surface area contributed by atoms with E-state index >= 15 is 0 Å². The summed E-state index contributed by atoms with van der Waals surface area (Å²) in [6, 6.07) is 0.470. The second kappa shape index (κ2) is 6.25. The summed E-state index contributed by atoms with van der Waals surface area (Å²) < 4.78 is 0. The predicted octanol–water partition coefficient (Wildman–Crippen LogP) is 2.48. The van der Waals surface area contributed by atoms with Crippen LogP contribution in [0.3, 0.4) is 0 Å². The van der Waals surface area contributed by atoms with Crippen LogP contribution in [0.4, 0.5) is 0 Å². The largest absolute Gasteiger partial charge is 0.480 e. The molecule has 0 amide bonds. The molecule has 4 nitrogen and oxygen atoms in total. The fourth-order valence-corrected chi connectivity index (χ4v) is 4.22. The van der Waals surface area contributed by atoms with Crippen LogP contribution in [0.2, 0.25) is 0 Å². The zero-order valence-electron chi connectivity index (χ0n) is 13.3. The summed E-state index contributed by atoms with van der Waals surface area (Å²) in [6.45, 7) is 5.82. The van der Waals surface area contributed by atoms with Crippen LogP contribution in [-0.4, -0.2) is 47.2 Å². The predicted molar refractivity (Wildman–Crippen MR) is 83.3 cm³/mol. The molecule has 2 atom stereocenters. The van der Waals surface area contributed by atoms with Gasteiger partial charge in [-0.15, -0.1) is 0 Å². The molecule has 0 bridgehead atoms. The number of aliphatic carboxylic acids is 1. The highest BCUT2D eigenvalue weighted by atomic mass is 16.4. The first-order valence-corrected chi connectivity index (χ1v) is 8.83. The van der Waals surface area contributed by atoms with Crippen molar-refractivity contribution in [2.75, 3.05) is 19.6 Å². The van der Waals surface area contributed by atoms with Gasteiger partial charge in [-0.1, -0.05) is 13.3 Å². The number of rotatable bonds is 6. The Morgan fingerprint density at radius 3 is 2.57 bits per heavy atom. The van der Waals surface area contributed by atoms with E-state index in [2.05, 4.69) is 17.1 Å². The van der Waals surface area contributed by atoms with Gasteiger partial charge in [0.15, 0.2) is 0 Å². The lowest BCUT2D eigenvalue weighted by molar-refractivity contribution is -0.147. The fourth-order valence-electron chi connectivity index (χ4n) is 4.22. The Bertz CT molecular complexity index is 375. The normalized spacial score (nSPS) is 35.2. The van der Waals surface area contributed by atoms with Gasteiger partial charge in [0.1, 0.15) is 5.54 Å². The van der Waals surface area contributed by atoms with E-state index in [0.29, 0.717) is 12.0 Å². The number of hydrogen-bond acceptors (Lipinski definition) is 3. The van der Waals surface area contributed by atoms with E-state index in [1.54, 1.807) is 0 Å². The van der Waals surface area contributed by atoms with Crippen LogP contribution in [0, 0.1) is 11.8 Å². The summed E-state index contributed by atoms with van der Waals surface area (Å²) in [6.07, 6.45) is 8.92. The van der Waals surface area contributed by atoms with Crippen molar-refractivity contribution in [3.8, 4) is 0 Å². The summed E-state index contributed by atoms with van der Waals surface area (Å²) in [4.78, 5) is 14.5. The van der Waals surface area contributed by atoms with Crippen LogP contribution >= 0.6 is 0 Å². The molecule has 2 N–H and O–H groups in total. The molecule has 2 aliphatic carbocycles. The van der Waals surface area contributed by atoms with Crippen molar-refractivity contribution in [3.63, 3.8) is 0 Å². The van der Waals surface area contributed by atoms with Crippen LogP contribution in [0.5, 0.6) is 0 Å². The van der Waals surface area contributed by atoms with Gasteiger partial charge < -0.3 is 10.0 Å². The molecule has 120 valence electrons. The molecule has 21 heavy (non-hydrogen) atoms. The standard InChI is InChI=1S/C17H30N2O2/c1-13-6-10-19(11-7-13)12-8-14-3-2-9-17(14,16(20)21)18-15-4-5-15/h13-15,18H,2-12H2,1H3,(H,20,21). The quantitative estimate of drug-likeness (QED) is 0.790. The van der Waals surface area contributed by atoms with Crippen molar-refractivity contribution in [2.45, 2.75) is 69.9 Å². The molecule has 0 spiro atoms. The topological polar surface area (TPSA) is 52.6 Å². The van der Waals surface area contributed by atoms with E-state index in [0.717, 1.165) is 51.0 Å². The van der Waals surface area contributed by atoms with E-state index in [4.69, 9.17) is 0 Å². The average Bonchev–Trinajstić information content (AvgIpc) is 3.17. The summed E-state index contributed by atoms with van der Waals surface area (Å²) >= 11 is 0. The van der Waals surface area contributed by atoms with Crippen molar-refractivity contribution in [3.05, 3.63) is 0 Å². The molecule has 3 aliphatic rings. The van der Waals surface area contributed by atoms with Gasteiger partial charge in [-0.3, -0.25) is 10.1 Å². The molecule has 2 saturated carbocycles. The van der Waals surface area contributed by atoms with Crippen LogP contribution in [-0.2, 0) is 4.79 Å². The lowest BCUT2D eigenvalue weighted by Gasteiger charge is -2.35. The van der Waals surface area contributed by atoms with E-state index in [1.165, 1.54) is 25.9 Å². The van der Waals surface area contributed by atoms with Gasteiger partial charge in [0.2, 0.25) is 0 Å². The van der Waals surface area contributed by atoms with Crippen LogP contribution in [0.1, 0.15) is 58.3 Å². The Kier molecular flexibility index (Phi) is 4.55. The average molecular weight is 294 g/mol. The molecular weight excluding hydrogens is 264 g/mol. The maximum atomic E-state index is 11.9. The number of nitrogens with one attached hydrogen (secondary N) is 1. The highest BCUT2D eigenvalue weighted by Gasteiger charge is 2.51. The second-order valence-corrected chi connectivity index (χ2v) is 7.60. The SMILES string of the molecule is CC1CCN(CCC2CCCC2(NC2CC2)C(=O)O)CC1. The number of piperidine rings is 1. The smallest absolute Gasteiger partial charge is 0.324 e. The molecule has 0 aromatic carbocycles. The first-order valence-electron chi connectivity index (χ1n) is 8.83. The van der Waals surface area contributed by atoms with Crippen molar-refractivity contribution in [2.24, 2.45) is 11.8 Å². The number of carboxylic acid groups (broad SMARTS) is 1. The summed E-state index contributed by atoms with van der Waals surface area (Å²) in [7, 11) is 0. The minimum absolute atomic E-state index is 0.315. The Hall–Kier alpha value is -0.610. The van der Waals surface area contributed by atoms with Crippen molar-refractivity contribution in [1.29, 1.82) is 0 Å². The molecule has 0 radical (unpaired) electrons. The molecule has 1 aliphatic heterocycles. The first-order chi connectivity index (χ1) is 10.1. The van der Waals surface area contributed by atoms with E-state index < -0.39 is 11.5 Å². The molecule has 0 aromatic heterocycles. The van der Waals surface area contributed by atoms with Gasteiger partial charge >= 0.3 is 5.97 Å². The number of hydrogen-bond donors (Lipinski definition) is 2. The molecule has 1 saturated heterocycles. The molecule has 3 fully saturated rings. The zero-order chi connectivity index (χ0) is 14.9. The zero-order valence-corrected chi connectivity index (χ0v) is 13.3. The third-order valence-corrected chi connectivity index (χ3v) is 5.91. The highest BCUT2D eigenvalue weighted by Crippen LogP contribution is 2.41. The summed E-state index contributed by atoms with van der Waals surface area (Å²) in [5, 5.41) is 13.3. The van der Waals surface area contributed by atoms with Crippen LogP contribution in [0.15, 0.2) is 0 Å². The van der Waals surface area contributed by atoms with E-state index in [1.807, 2.05) is 0 Å². The number of carbonyl (C=O) groups is 1. The van der Waals surface area contributed by atoms with Gasteiger partial charge in [0, 0.05) is 6.04 Å². The summed E-state index contributed by atoms with van der Waals surface area (Å²) in [5.74, 6) is 0.571. The maximum absolute atomic E-state index is 11.9. The highest BCUT2D eigenvalue weighted by molar-refractivity contribution is 5.80. The van der Waals surface area contributed by atoms with Gasteiger partial charge in [0.05, 0.1) is 0 Å². The van der Waals surface area contributed by atoms with E-state index in [-0.39, 0.29) is 0 Å². The number of nitrogens with zero attached hydrogens (tertiary/aromatic N) is 1. The third-order valence-electron chi connectivity index (χ3n) is 5.91. The molecular formula is C17H30N2O2. The molecule has 0 aromatic rings. The Labute approximate surface area is 128 Å². The van der Waals surface area contributed by atoms with Gasteiger partial charge in [-0.05, 0) is 76.4 Å². The lowest BCUT2D eigenvalue weighted by atomic mass is 9.84. The van der Waals surface area contributed by atoms with Gasteiger partial charge in [0.25, 0.3) is 0 Å². The van der Waals surface area contributed by atoms with Crippen LogP contribution in [0.25, 0.3) is 0 Å². The number of likely N-dealkylation sites (tertiary alicyclic amines) is 1. The minimum Gasteiger partial charge on any atom is -0.480 e. The Balaban J connectivity index is 1.56. The second-order valence-electron chi connectivity index (χ2n) is 7.60. The third kappa shape index (κ3) is 3.42. The number of carboxylic acids is 1. The maximum Gasteiger partial charge on any atom is 0.324 e. The van der Waals surface area contributed by atoms with Crippen molar-refractivity contribution in [1.82, 2.24) is 10.2 Å². The first kappa shape index (κ1) is 15.3. The Morgan fingerprint density at radius 1 is 1.24 bits per heavy atom. The minimum atomic E-state index is -0.621. The van der Waals surface area contributed by atoms with Crippen LogP contribution < -0.4 is 5.32 Å². The van der Waals surface area contributed by atoms with Gasteiger partial charge in [-0.2, -0.15) is 0 Å². The Morgan fingerprint density at radius 2 is 1.95 bits per heavy atom. The lowest BCUT2D eigenvalue weighted by Crippen LogP contribution is -2.56. The molecule has 1 heterocycles. The molecule has 4 heteroatoms. The summed E-state index contributed by atoms with van der Waals surface area (Å²) in [5.41, 5.74) is -0.621. The van der Waals surface area contributed by atoms with Gasteiger partial charge in [-0.25, -0.2) is 0 Å². The van der Waals surface area contributed by atoms with Crippen molar-refractivity contribution < 1.29 is 9.90 Å². The fraction of sp³-hybridized carbons (Fsp3) is 0.941. The van der Waals surface area contributed by atoms with E-state index in [9.17, 15) is 9.90 Å². The van der Waals surface area contributed by atoms with Crippen molar-refractivity contribution >= 4 is 5.97 Å². The monoisotopic (exact) mass is 294 g/mol.